The third kappa shape index (κ3) is 7.45. The van der Waals surface area contributed by atoms with E-state index in [1.54, 1.807) is 0 Å². The molecule has 8 rings (SSSR count). The van der Waals surface area contributed by atoms with E-state index in [-0.39, 0.29) is 62.7 Å². The fourth-order valence-electron chi connectivity index (χ4n) is 11.4. The monoisotopic (exact) mass is 1010 g/mol. The molecule has 0 nitrogen and oxygen atoms in total. The molecule has 9 heteroatoms. The van der Waals surface area contributed by atoms with Crippen LogP contribution in [-0.2, 0) is 31.8 Å². The van der Waals surface area contributed by atoms with Gasteiger partial charge in [0.25, 0.3) is 0 Å². The summed E-state index contributed by atoms with van der Waals surface area (Å²) in [6, 6.07) is 15.0. The summed E-state index contributed by atoms with van der Waals surface area (Å²) in [5, 5.41) is 0. The molecule has 0 aliphatic heterocycles. The second-order valence-corrected chi connectivity index (χ2v) is 23.0. The van der Waals surface area contributed by atoms with E-state index < -0.39 is 7.59 Å². The quantitative estimate of drug-likeness (QED) is 0.208. The number of rotatable bonds is 2. The van der Waals surface area contributed by atoms with Gasteiger partial charge in [-0.3, -0.25) is 6.08 Å². The zero-order valence-electron chi connectivity index (χ0n) is 34.1. The van der Waals surface area contributed by atoms with Gasteiger partial charge in [0.15, 0.2) is 0 Å². The fraction of sp³-hybridized carbons (Fsp3) is 0.388. The van der Waals surface area contributed by atoms with Crippen LogP contribution in [0.1, 0.15) is 84.1 Å². The molecular formula is C49H50Cl8Zr-2. The van der Waals surface area contributed by atoms with E-state index >= 15 is 0 Å². The van der Waals surface area contributed by atoms with Crippen molar-refractivity contribution < 1.29 is 49.0 Å². The topological polar surface area (TPSA) is 0 Å². The normalized spacial score (nSPS) is 35.7. The van der Waals surface area contributed by atoms with E-state index in [0.29, 0.717) is 17.0 Å². The number of hydrogen-bond donors (Lipinski definition) is 0. The van der Waals surface area contributed by atoms with Crippen LogP contribution < -0.4 is 24.8 Å². The summed E-state index contributed by atoms with van der Waals surface area (Å²) in [6.45, 7) is 20.3. The van der Waals surface area contributed by atoms with Gasteiger partial charge >= 0.3 is 175 Å². The predicted octanol–water partition coefficient (Wildman–Crippen LogP) is 9.42. The average molecular weight is 1010 g/mol. The molecule has 308 valence electrons. The Morgan fingerprint density at radius 2 is 1.07 bits per heavy atom. The maximum atomic E-state index is 5.86. The molecule has 8 atom stereocenters. The van der Waals surface area contributed by atoms with Crippen molar-refractivity contribution in [2.45, 2.75) is 69.4 Å². The fourth-order valence-corrected chi connectivity index (χ4v) is 13.0. The van der Waals surface area contributed by atoms with Gasteiger partial charge in [-0.2, -0.15) is 6.08 Å². The first-order chi connectivity index (χ1) is 26.0. The van der Waals surface area contributed by atoms with Crippen LogP contribution >= 0.6 is 69.6 Å². The first-order valence-electron chi connectivity index (χ1n) is 19.1. The Balaban J connectivity index is 0.000000228. The van der Waals surface area contributed by atoms with Gasteiger partial charge in [-0.1, -0.05) is 115 Å². The van der Waals surface area contributed by atoms with Crippen molar-refractivity contribution in [3.8, 4) is 0 Å². The van der Waals surface area contributed by atoms with Crippen LogP contribution in [-0.4, -0.2) is 3.21 Å². The van der Waals surface area contributed by atoms with Crippen molar-refractivity contribution in [3.05, 3.63) is 174 Å². The van der Waals surface area contributed by atoms with Gasteiger partial charge in [0.2, 0.25) is 0 Å². The summed E-state index contributed by atoms with van der Waals surface area (Å²) in [4.78, 5) is 0. The van der Waals surface area contributed by atoms with E-state index in [9.17, 15) is 0 Å². The van der Waals surface area contributed by atoms with Crippen molar-refractivity contribution >= 4 is 72.8 Å². The van der Waals surface area contributed by atoms with Gasteiger partial charge in [-0.25, -0.2) is 12.2 Å². The minimum atomic E-state index is -1.41. The average Bonchev–Trinajstić information content (AvgIpc) is 3.80. The molecule has 8 unspecified atom stereocenters. The van der Waals surface area contributed by atoms with Crippen LogP contribution in [0, 0.1) is 56.3 Å². The minimum Gasteiger partial charge on any atom is -1.00 e. The molecular weight excluding hydrogens is 963 g/mol. The molecule has 2 aromatic rings. The third-order valence-corrected chi connectivity index (χ3v) is 18.4. The molecule has 0 saturated heterocycles. The third-order valence-electron chi connectivity index (χ3n) is 15.6. The van der Waals surface area contributed by atoms with Crippen molar-refractivity contribution in [3.63, 3.8) is 0 Å². The summed E-state index contributed by atoms with van der Waals surface area (Å²) in [7, 11) is 0. The number of hydrogen-bond acceptors (Lipinski definition) is 0. The number of fused-ring (bicyclic) bond motifs is 8. The first-order valence-corrected chi connectivity index (χ1v) is 22.6. The van der Waals surface area contributed by atoms with E-state index in [1.165, 1.54) is 33.0 Å². The number of allylic oxidation sites excluding steroid dienone is 16. The van der Waals surface area contributed by atoms with Gasteiger partial charge in [0, 0.05) is 10.8 Å². The Hall–Kier alpha value is -0.567. The van der Waals surface area contributed by atoms with E-state index in [4.69, 9.17) is 69.6 Å². The largest absolute Gasteiger partial charge is 1.00 e. The van der Waals surface area contributed by atoms with Gasteiger partial charge in [0.05, 0.1) is 0 Å². The van der Waals surface area contributed by atoms with Crippen LogP contribution in [0.5, 0.6) is 0 Å². The smallest absolute Gasteiger partial charge is 0.109 e. The Kier molecular flexibility index (Phi) is 15.1. The predicted molar refractivity (Wildman–Crippen MR) is 240 cm³/mol. The summed E-state index contributed by atoms with van der Waals surface area (Å²) in [5.41, 5.74) is 5.14. The van der Waals surface area contributed by atoms with Crippen LogP contribution in [0.25, 0.3) is 0 Å². The molecule has 2 saturated carbocycles. The van der Waals surface area contributed by atoms with E-state index in [0.717, 1.165) is 17.5 Å². The van der Waals surface area contributed by atoms with Gasteiger partial charge in [-0.05, 0) is 28.6 Å². The Morgan fingerprint density at radius 3 is 1.47 bits per heavy atom. The van der Waals surface area contributed by atoms with Crippen LogP contribution in [0.3, 0.4) is 0 Å². The molecule has 0 bridgehead atoms. The van der Waals surface area contributed by atoms with Crippen molar-refractivity contribution in [2.24, 2.45) is 43.8 Å². The maximum Gasteiger partial charge on any atom is -0.109 e. The zero-order valence-corrected chi connectivity index (χ0v) is 42.6. The molecule has 0 heterocycles. The Labute approximate surface area is 405 Å². The zero-order chi connectivity index (χ0) is 41.2. The standard InChI is InChI=1S/C29H37.C15H8Cl6.C5H5.2ClH.Zr/c1-21-14-13-15-22-20-27(6)25(4)18-10-9-16-23(25,2)24(3)17-11-12-19-26(24,5)29(27,8)28(21,22)7;16-14(17,18)12-5-1-10(2-6-12)9-11-3-7-13(8-4-11)15(19,20)21;1-2-4-5-3-1;;;/h9-20,22H,1-8H3;1-8H;1-3H,4H2;2*1H;/q-1;;-1;;;+2/p-2. The summed E-state index contributed by atoms with van der Waals surface area (Å²) >= 11 is 36.4. The summed E-state index contributed by atoms with van der Waals surface area (Å²) in [6.07, 6.45) is 39.3. The molecule has 0 amide bonds. The number of benzene rings is 2. The second-order valence-electron chi connectivity index (χ2n) is 17.2. The molecule has 0 N–H and O–H groups in total. The first kappa shape index (κ1) is 50.1. The van der Waals surface area contributed by atoms with E-state index in [1.807, 2.05) is 60.7 Å². The Morgan fingerprint density at radius 1 is 0.638 bits per heavy atom. The van der Waals surface area contributed by atoms with Crippen LogP contribution in [0.4, 0.5) is 0 Å². The van der Waals surface area contributed by atoms with Crippen molar-refractivity contribution in [2.75, 3.05) is 0 Å². The SMILES string of the molecule is CC1=CC=CC2[CH-]C3(C)C4(C)C=CC=CC4(C)C4(C)C=CC=CC4(C)C3(C)C12C.ClC(Cl)(Cl)c1ccc([C](=[Zr+2])c2ccc(C(Cl)(Cl)Cl)cc2)cc1.[C-]1=CC=CC1.[Cl-].[Cl-]. The van der Waals surface area contributed by atoms with Gasteiger partial charge < -0.3 is 31.2 Å². The van der Waals surface area contributed by atoms with Crippen molar-refractivity contribution in [1.29, 1.82) is 0 Å². The van der Waals surface area contributed by atoms with E-state index in [2.05, 4.69) is 141 Å². The molecule has 58 heavy (non-hydrogen) atoms. The van der Waals surface area contributed by atoms with Crippen molar-refractivity contribution in [1.82, 2.24) is 0 Å². The molecule has 2 fully saturated rings. The maximum absolute atomic E-state index is 5.86. The number of halogens is 8. The number of alkyl halides is 6. The minimum absolute atomic E-state index is 0. The molecule has 0 spiro atoms. The Bertz CT molecular complexity index is 2040. The summed E-state index contributed by atoms with van der Waals surface area (Å²) in [5.74, 6) is 0.460. The molecule has 0 aromatic heterocycles. The van der Waals surface area contributed by atoms with Crippen LogP contribution in [0.15, 0.2) is 139 Å². The summed E-state index contributed by atoms with van der Waals surface area (Å²) < 4.78 is -1.66. The van der Waals surface area contributed by atoms with Gasteiger partial charge in [0.1, 0.15) is 0 Å². The molecule has 6 aliphatic carbocycles. The molecule has 6 aliphatic rings. The molecule has 2 aromatic carbocycles. The van der Waals surface area contributed by atoms with Gasteiger partial charge in [-0.15, -0.1) is 23.8 Å². The van der Waals surface area contributed by atoms with Crippen LogP contribution in [0.2, 0.25) is 0 Å². The molecule has 0 radical (unpaired) electrons. The second kappa shape index (κ2) is 17.5.